The minimum atomic E-state index is -0.409. The highest BCUT2D eigenvalue weighted by Crippen LogP contribution is 2.38. The molecule has 0 aliphatic heterocycles. The molecule has 3 heterocycles. The van der Waals surface area contributed by atoms with Crippen LogP contribution in [0.4, 0.5) is 5.00 Å². The number of thioether (sulfide) groups is 1. The minimum Gasteiger partial charge on any atom is -0.462 e. The number of hydrogen-bond acceptors (Lipinski definition) is 8. The predicted molar refractivity (Wildman–Crippen MR) is 135 cm³/mol. The Morgan fingerprint density at radius 1 is 1.33 bits per heavy atom. The summed E-state index contributed by atoms with van der Waals surface area (Å²) >= 11 is 4.53. The Hall–Kier alpha value is -2.17. The van der Waals surface area contributed by atoms with Crippen molar-refractivity contribution in [3.05, 3.63) is 31.8 Å². The Morgan fingerprint density at radius 2 is 2.12 bits per heavy atom. The predicted octanol–water partition coefficient (Wildman–Crippen LogP) is 5.25. The molecule has 0 radical (unpaired) electrons. The number of amides is 1. The summed E-state index contributed by atoms with van der Waals surface area (Å²) in [6.45, 7) is 8.16. The number of esters is 1. The molecule has 3 aromatic rings. The van der Waals surface area contributed by atoms with Gasteiger partial charge in [-0.15, -0.1) is 32.9 Å². The molecule has 1 amide bonds. The van der Waals surface area contributed by atoms with Gasteiger partial charge in [0.15, 0.2) is 11.0 Å². The minimum absolute atomic E-state index is 0.170. The molecule has 1 unspecified atom stereocenters. The zero-order valence-corrected chi connectivity index (χ0v) is 21.9. The smallest absolute Gasteiger partial charge is 0.341 e. The second-order valence-corrected chi connectivity index (χ2v) is 11.4. The molecular formula is C23H28N4O3S3. The van der Waals surface area contributed by atoms with E-state index in [2.05, 4.69) is 27.8 Å². The van der Waals surface area contributed by atoms with E-state index in [0.29, 0.717) is 15.7 Å². The van der Waals surface area contributed by atoms with Crippen LogP contribution in [0.5, 0.6) is 0 Å². The molecule has 0 bridgehead atoms. The number of hydrogen-bond donors (Lipinski definition) is 1. The highest BCUT2D eigenvalue weighted by Gasteiger charge is 2.25. The Labute approximate surface area is 206 Å². The van der Waals surface area contributed by atoms with E-state index in [9.17, 15) is 9.59 Å². The molecule has 3 aromatic heterocycles. The first-order chi connectivity index (χ1) is 15.8. The highest BCUT2D eigenvalue weighted by atomic mass is 32.2. The van der Waals surface area contributed by atoms with Crippen molar-refractivity contribution < 1.29 is 14.3 Å². The van der Waals surface area contributed by atoms with Gasteiger partial charge < -0.3 is 14.6 Å². The quantitative estimate of drug-likeness (QED) is 0.349. The van der Waals surface area contributed by atoms with Gasteiger partial charge in [-0.25, -0.2) is 4.79 Å². The van der Waals surface area contributed by atoms with Crippen LogP contribution in [0.15, 0.2) is 10.5 Å². The Balaban J connectivity index is 1.44. The number of carbonyl (C=O) groups is 2. The summed E-state index contributed by atoms with van der Waals surface area (Å²) in [5, 5.41) is 15.1. The largest absolute Gasteiger partial charge is 0.462 e. The molecule has 7 nitrogen and oxygen atoms in total. The number of ether oxygens (including phenoxy) is 1. The molecule has 4 rings (SSSR count). The van der Waals surface area contributed by atoms with Gasteiger partial charge in [-0.2, -0.15) is 0 Å². The maximum atomic E-state index is 12.7. The first kappa shape index (κ1) is 24.0. The van der Waals surface area contributed by atoms with E-state index in [1.807, 2.05) is 36.8 Å². The standard InChI is InChI=1S/C23H28N4O3S3/c1-6-30-22(29)19-13(3)14(4)33-21(19)24-18(28)11-32-23-26-25-20(27(23)5)16-10-31-17-9-12(2)7-8-15(16)17/h10,12H,6-9,11H2,1-5H3,(H,24,28). The van der Waals surface area contributed by atoms with Crippen molar-refractivity contribution >= 4 is 51.3 Å². The van der Waals surface area contributed by atoms with E-state index in [-0.39, 0.29) is 18.3 Å². The SMILES string of the molecule is CCOC(=O)c1c(NC(=O)CSc2nnc(-c3csc4c3CCC(C)C4)n2C)sc(C)c1C. The van der Waals surface area contributed by atoms with E-state index >= 15 is 0 Å². The Morgan fingerprint density at radius 3 is 2.88 bits per heavy atom. The van der Waals surface area contributed by atoms with Crippen LogP contribution in [0.1, 0.15) is 51.5 Å². The Bertz CT molecular complexity index is 1190. The van der Waals surface area contributed by atoms with Crippen LogP contribution in [0.25, 0.3) is 11.4 Å². The van der Waals surface area contributed by atoms with Gasteiger partial charge in [-0.3, -0.25) is 4.79 Å². The van der Waals surface area contributed by atoms with Crippen molar-refractivity contribution in [1.29, 1.82) is 0 Å². The second kappa shape index (κ2) is 9.99. The van der Waals surface area contributed by atoms with Gasteiger partial charge >= 0.3 is 5.97 Å². The Kier molecular flexibility index (Phi) is 7.25. The molecule has 1 N–H and O–H groups in total. The van der Waals surface area contributed by atoms with E-state index in [4.69, 9.17) is 4.74 Å². The van der Waals surface area contributed by atoms with Crippen molar-refractivity contribution in [2.24, 2.45) is 13.0 Å². The molecule has 176 valence electrons. The molecule has 0 saturated heterocycles. The summed E-state index contributed by atoms with van der Waals surface area (Å²) in [6, 6.07) is 0. The third-order valence-electron chi connectivity index (χ3n) is 5.93. The molecule has 33 heavy (non-hydrogen) atoms. The van der Waals surface area contributed by atoms with Crippen molar-refractivity contribution in [2.75, 3.05) is 17.7 Å². The van der Waals surface area contributed by atoms with E-state index < -0.39 is 5.97 Å². The summed E-state index contributed by atoms with van der Waals surface area (Å²) in [6.07, 6.45) is 3.41. The second-order valence-electron chi connectivity index (χ2n) is 8.31. The number of nitrogens with one attached hydrogen (secondary N) is 1. The molecule has 1 aliphatic carbocycles. The monoisotopic (exact) mass is 504 g/mol. The lowest BCUT2D eigenvalue weighted by molar-refractivity contribution is -0.113. The van der Waals surface area contributed by atoms with E-state index in [0.717, 1.165) is 40.6 Å². The van der Waals surface area contributed by atoms with E-state index in [1.54, 1.807) is 6.92 Å². The van der Waals surface area contributed by atoms with Crippen LogP contribution in [-0.4, -0.2) is 39.0 Å². The molecule has 0 aromatic carbocycles. The van der Waals surface area contributed by atoms with Crippen LogP contribution >= 0.6 is 34.4 Å². The van der Waals surface area contributed by atoms with E-state index in [1.165, 1.54) is 40.0 Å². The average Bonchev–Trinajstić information content (AvgIpc) is 3.42. The lowest BCUT2D eigenvalue weighted by Gasteiger charge is -2.18. The fourth-order valence-corrected chi connectivity index (χ4v) is 7.02. The van der Waals surface area contributed by atoms with Crippen LogP contribution in [0.3, 0.4) is 0 Å². The first-order valence-corrected chi connectivity index (χ1v) is 13.7. The molecule has 0 fully saturated rings. The molecule has 10 heteroatoms. The first-order valence-electron chi connectivity index (χ1n) is 11.0. The molecule has 0 saturated carbocycles. The average molecular weight is 505 g/mol. The fraction of sp³-hybridized carbons (Fsp3) is 0.478. The normalized spacial score (nSPS) is 15.4. The van der Waals surface area contributed by atoms with Gasteiger partial charge in [-0.1, -0.05) is 18.7 Å². The highest BCUT2D eigenvalue weighted by molar-refractivity contribution is 7.99. The lowest BCUT2D eigenvalue weighted by atomic mass is 9.88. The van der Waals surface area contributed by atoms with Crippen LogP contribution in [-0.2, 0) is 29.4 Å². The summed E-state index contributed by atoms with van der Waals surface area (Å²) in [5.74, 6) is 1.14. The molecule has 0 spiro atoms. The van der Waals surface area contributed by atoms with Crippen molar-refractivity contribution in [3.63, 3.8) is 0 Å². The zero-order valence-electron chi connectivity index (χ0n) is 19.5. The van der Waals surface area contributed by atoms with Gasteiger partial charge in [0.2, 0.25) is 5.91 Å². The number of anilines is 1. The molecule has 1 atom stereocenters. The van der Waals surface area contributed by atoms with Crippen LogP contribution in [0, 0.1) is 19.8 Å². The number of aromatic nitrogens is 3. The third-order valence-corrected chi connectivity index (χ3v) is 9.12. The fourth-order valence-electron chi connectivity index (χ4n) is 4.00. The number of rotatable bonds is 7. The summed E-state index contributed by atoms with van der Waals surface area (Å²) in [4.78, 5) is 27.5. The topological polar surface area (TPSA) is 86.1 Å². The maximum absolute atomic E-state index is 12.7. The number of fused-ring (bicyclic) bond motifs is 1. The summed E-state index contributed by atoms with van der Waals surface area (Å²) in [5.41, 5.74) is 3.85. The molecular weight excluding hydrogens is 476 g/mol. The number of nitrogens with zero attached hydrogens (tertiary/aromatic N) is 3. The number of aryl methyl sites for hydroxylation is 1. The number of thiophene rings is 2. The number of carbonyl (C=O) groups excluding carboxylic acids is 2. The van der Waals surface area contributed by atoms with Crippen molar-refractivity contribution in [1.82, 2.24) is 14.8 Å². The molecule has 1 aliphatic rings. The summed E-state index contributed by atoms with van der Waals surface area (Å²) in [7, 11) is 1.94. The third kappa shape index (κ3) is 4.88. The van der Waals surface area contributed by atoms with Crippen LogP contribution < -0.4 is 5.32 Å². The van der Waals surface area contributed by atoms with Gasteiger partial charge in [0.05, 0.1) is 17.9 Å². The van der Waals surface area contributed by atoms with Gasteiger partial charge in [0.1, 0.15) is 5.00 Å². The zero-order chi connectivity index (χ0) is 23.7. The van der Waals surface area contributed by atoms with Crippen LogP contribution in [0.2, 0.25) is 0 Å². The maximum Gasteiger partial charge on any atom is 0.341 e. The van der Waals surface area contributed by atoms with Crippen molar-refractivity contribution in [2.45, 2.75) is 52.1 Å². The lowest BCUT2D eigenvalue weighted by Crippen LogP contribution is -2.16. The van der Waals surface area contributed by atoms with Gasteiger partial charge in [-0.05, 0) is 57.1 Å². The van der Waals surface area contributed by atoms with Gasteiger partial charge in [0.25, 0.3) is 0 Å². The van der Waals surface area contributed by atoms with Crippen molar-refractivity contribution in [3.8, 4) is 11.4 Å². The van der Waals surface area contributed by atoms with Gasteiger partial charge in [0, 0.05) is 27.7 Å². The summed E-state index contributed by atoms with van der Waals surface area (Å²) < 4.78 is 7.12.